The van der Waals surface area contributed by atoms with E-state index in [1.807, 2.05) is 21.1 Å². The number of ether oxygens (including phenoxy) is 2. The average molecular weight is 1210 g/mol. The zero-order valence-corrected chi connectivity index (χ0v) is 56.1. The van der Waals surface area contributed by atoms with Crippen molar-refractivity contribution in [1.29, 1.82) is 0 Å². The summed E-state index contributed by atoms with van der Waals surface area (Å²) in [5.74, 6) is -0.845. The third-order valence-electron chi connectivity index (χ3n) is 13.7. The lowest BCUT2D eigenvalue weighted by molar-refractivity contribution is -0.870. The molecule has 0 bridgehead atoms. The van der Waals surface area contributed by atoms with E-state index in [9.17, 15) is 19.0 Å². The van der Waals surface area contributed by atoms with Crippen LogP contribution in [0.25, 0.3) is 0 Å². The first-order valence-corrected chi connectivity index (χ1v) is 35.4. The first kappa shape index (κ1) is 81.4. The van der Waals surface area contributed by atoms with Crippen LogP contribution in [0.2, 0.25) is 0 Å². The number of quaternary nitrogens is 1. The van der Waals surface area contributed by atoms with Crippen LogP contribution >= 0.6 is 7.82 Å². The molecule has 0 fully saturated rings. The monoisotopic (exact) mass is 1210 g/mol. The zero-order valence-electron chi connectivity index (χ0n) is 55.2. The molecule has 0 heterocycles. The Bertz CT molecular complexity index is 2060. The van der Waals surface area contributed by atoms with Crippen LogP contribution in [0.5, 0.6) is 0 Å². The number of hydrogen-bond donors (Lipinski definition) is 1. The van der Waals surface area contributed by atoms with Gasteiger partial charge in [-0.15, -0.1) is 0 Å². The lowest BCUT2D eigenvalue weighted by Gasteiger charge is -2.24. The standard InChI is InChI=1S/C76H124NO8P/c1-6-8-10-12-14-16-18-20-22-24-26-28-30-32-33-34-35-36-37-38-39-40-41-42-43-45-47-49-51-53-55-57-59-61-63-65-67-69-76(79)85-74(73-84-86(80,81)83-71-70-77(3,4)5)72-82-75(78)68-66-64-62-60-58-56-54-52-50-48-46-44-31-29-27-25-23-21-19-17-15-13-11-9-7-2/h8-11,14-17,20-23,26-29,32-33,35-36,38-39,44,46,50,52,56,58,74H,6-7,12-13,18-19,24-25,30-31,34,37,40-43,45,47-49,51,53-55,57,59-73H2,1-5H3/p+1/b10-8-,11-9-,16-14-,17-15-,22-20-,23-21-,28-26-,29-27-,33-32-,36-35-,39-38-,46-44-,52-50-,58-56-. The molecule has 0 aromatic heterocycles. The summed E-state index contributed by atoms with van der Waals surface area (Å²) in [6.07, 6.45) is 98.8. The van der Waals surface area contributed by atoms with E-state index in [1.165, 1.54) is 77.0 Å². The van der Waals surface area contributed by atoms with Crippen LogP contribution in [0.4, 0.5) is 0 Å². The fourth-order valence-electron chi connectivity index (χ4n) is 8.62. The molecule has 0 saturated heterocycles. The summed E-state index contributed by atoms with van der Waals surface area (Å²) in [6.45, 7) is 4.15. The number of hydrogen-bond acceptors (Lipinski definition) is 7. The highest BCUT2D eigenvalue weighted by Gasteiger charge is 2.27. The first-order valence-electron chi connectivity index (χ1n) is 33.9. The molecule has 486 valence electrons. The third kappa shape index (κ3) is 68.5. The van der Waals surface area contributed by atoms with E-state index in [0.29, 0.717) is 23.9 Å². The van der Waals surface area contributed by atoms with Gasteiger partial charge in [-0.1, -0.05) is 274 Å². The van der Waals surface area contributed by atoms with Crippen molar-refractivity contribution in [3.05, 3.63) is 170 Å². The van der Waals surface area contributed by atoms with Gasteiger partial charge in [0.25, 0.3) is 0 Å². The van der Waals surface area contributed by atoms with Crippen molar-refractivity contribution in [1.82, 2.24) is 0 Å². The molecule has 0 rings (SSSR count). The third-order valence-corrected chi connectivity index (χ3v) is 14.7. The van der Waals surface area contributed by atoms with Crippen molar-refractivity contribution < 1.29 is 42.1 Å². The zero-order chi connectivity index (χ0) is 62.6. The Hall–Kier alpha value is -4.63. The van der Waals surface area contributed by atoms with Gasteiger partial charge in [0.1, 0.15) is 19.8 Å². The topological polar surface area (TPSA) is 108 Å². The first-order chi connectivity index (χ1) is 42.0. The number of esters is 2. The lowest BCUT2D eigenvalue weighted by atomic mass is 10.0. The van der Waals surface area contributed by atoms with Crippen molar-refractivity contribution in [3.63, 3.8) is 0 Å². The Morgan fingerprint density at radius 1 is 0.360 bits per heavy atom. The molecule has 0 radical (unpaired) electrons. The van der Waals surface area contributed by atoms with Crippen LogP contribution in [0.3, 0.4) is 0 Å². The highest BCUT2D eigenvalue weighted by Crippen LogP contribution is 2.43. The van der Waals surface area contributed by atoms with Gasteiger partial charge in [-0.05, 0) is 128 Å². The lowest BCUT2D eigenvalue weighted by Crippen LogP contribution is -2.37. The van der Waals surface area contributed by atoms with Crippen molar-refractivity contribution in [2.75, 3.05) is 47.5 Å². The van der Waals surface area contributed by atoms with Gasteiger partial charge < -0.3 is 18.9 Å². The van der Waals surface area contributed by atoms with Crippen LogP contribution in [0.1, 0.15) is 245 Å². The van der Waals surface area contributed by atoms with E-state index in [-0.39, 0.29) is 26.1 Å². The van der Waals surface area contributed by atoms with Crippen LogP contribution < -0.4 is 0 Å². The fourth-order valence-corrected chi connectivity index (χ4v) is 9.36. The Morgan fingerprint density at radius 3 is 0.942 bits per heavy atom. The van der Waals surface area contributed by atoms with E-state index >= 15 is 0 Å². The minimum atomic E-state index is -4.41. The summed E-state index contributed by atoms with van der Waals surface area (Å²) in [5, 5.41) is 0. The van der Waals surface area contributed by atoms with Crippen molar-refractivity contribution >= 4 is 19.8 Å². The number of unbranched alkanes of at least 4 members (excludes halogenated alkanes) is 18. The van der Waals surface area contributed by atoms with Crippen molar-refractivity contribution in [2.45, 2.75) is 251 Å². The van der Waals surface area contributed by atoms with Gasteiger partial charge in [-0.2, -0.15) is 0 Å². The van der Waals surface area contributed by atoms with Gasteiger partial charge in [-0.25, -0.2) is 4.57 Å². The second-order valence-electron chi connectivity index (χ2n) is 23.1. The van der Waals surface area contributed by atoms with E-state index in [2.05, 4.69) is 184 Å². The number of nitrogens with zero attached hydrogens (tertiary/aromatic N) is 1. The fraction of sp³-hybridized carbons (Fsp3) is 0.605. The summed E-state index contributed by atoms with van der Waals surface area (Å²) >= 11 is 0. The number of allylic oxidation sites excluding steroid dienone is 28. The predicted molar refractivity (Wildman–Crippen MR) is 371 cm³/mol. The van der Waals surface area contributed by atoms with E-state index < -0.39 is 32.5 Å². The maximum atomic E-state index is 12.9. The molecule has 0 aliphatic heterocycles. The van der Waals surface area contributed by atoms with Crippen LogP contribution in [-0.2, 0) is 32.7 Å². The van der Waals surface area contributed by atoms with Gasteiger partial charge in [0.2, 0.25) is 0 Å². The van der Waals surface area contributed by atoms with Crippen LogP contribution in [0, 0.1) is 0 Å². The Morgan fingerprint density at radius 2 is 0.628 bits per heavy atom. The molecule has 9 nitrogen and oxygen atoms in total. The second-order valence-corrected chi connectivity index (χ2v) is 24.5. The smallest absolute Gasteiger partial charge is 0.462 e. The number of phosphoric ester groups is 1. The quantitative estimate of drug-likeness (QED) is 0.0211. The minimum absolute atomic E-state index is 0.0175. The SMILES string of the molecule is CC/C=C\C/C=C\C/C=C\C/C=C\C/C=C\C/C=C\C/C=C\CCCCCCCCCCCCCCCCCC(=O)OC(COC(=O)CCCCC/C=C\C/C=C\C/C=C\C/C=C\C/C=C\C/C=C\C/C=C\CC)COP(=O)(O)OCC[N+](C)(C)C. The molecular weight excluding hydrogens is 1090 g/mol. The highest BCUT2D eigenvalue weighted by atomic mass is 31.2. The second kappa shape index (κ2) is 64.8. The summed E-state index contributed by atoms with van der Waals surface area (Å²) in [7, 11) is 1.44. The van der Waals surface area contributed by atoms with E-state index in [1.54, 1.807) is 0 Å². The van der Waals surface area contributed by atoms with Crippen molar-refractivity contribution in [3.8, 4) is 0 Å². The molecule has 0 spiro atoms. The number of likely N-dealkylation sites (N-methyl/N-ethyl adjacent to an activating group) is 1. The Balaban J connectivity index is 4.14. The Kier molecular flexibility index (Phi) is 61.3. The van der Waals surface area contributed by atoms with Gasteiger partial charge >= 0.3 is 19.8 Å². The van der Waals surface area contributed by atoms with Gasteiger partial charge in [0, 0.05) is 12.8 Å². The Labute approximate surface area is 528 Å². The van der Waals surface area contributed by atoms with Crippen LogP contribution in [0.15, 0.2) is 170 Å². The average Bonchev–Trinajstić information content (AvgIpc) is 3.67. The number of phosphoric acid groups is 1. The normalized spacial score (nSPS) is 14.3. The summed E-state index contributed by atoms with van der Waals surface area (Å²) in [5.41, 5.74) is 0. The molecule has 0 aromatic rings. The largest absolute Gasteiger partial charge is 0.472 e. The molecule has 0 aliphatic rings. The maximum absolute atomic E-state index is 12.9. The molecule has 2 unspecified atom stereocenters. The van der Waals surface area contributed by atoms with E-state index in [4.69, 9.17) is 18.5 Å². The van der Waals surface area contributed by atoms with Gasteiger partial charge in [0.05, 0.1) is 27.7 Å². The molecule has 0 aromatic carbocycles. The highest BCUT2D eigenvalue weighted by molar-refractivity contribution is 7.47. The molecule has 0 amide bonds. The van der Waals surface area contributed by atoms with Crippen LogP contribution in [-0.4, -0.2) is 74.9 Å². The number of carbonyl (C=O) groups excluding carboxylic acids is 2. The maximum Gasteiger partial charge on any atom is 0.472 e. The molecule has 10 heteroatoms. The molecular formula is C76H125NO8P+. The van der Waals surface area contributed by atoms with Crippen molar-refractivity contribution in [2.24, 2.45) is 0 Å². The predicted octanol–water partition coefficient (Wildman–Crippen LogP) is 22.2. The molecule has 86 heavy (non-hydrogen) atoms. The minimum Gasteiger partial charge on any atom is -0.462 e. The molecule has 0 saturated carbocycles. The molecule has 2 atom stereocenters. The van der Waals surface area contributed by atoms with E-state index in [0.717, 1.165) is 128 Å². The summed E-state index contributed by atoms with van der Waals surface area (Å²) < 4.78 is 34.6. The summed E-state index contributed by atoms with van der Waals surface area (Å²) in [4.78, 5) is 35.8. The molecule has 1 N–H and O–H groups in total. The van der Waals surface area contributed by atoms with Gasteiger partial charge in [0.15, 0.2) is 6.10 Å². The van der Waals surface area contributed by atoms with Gasteiger partial charge in [-0.3, -0.25) is 18.6 Å². The number of carbonyl (C=O) groups is 2. The molecule has 0 aliphatic carbocycles. The number of rotatable bonds is 60. The summed E-state index contributed by atoms with van der Waals surface area (Å²) in [6, 6.07) is 0.